The Labute approximate surface area is 90.5 Å². The van der Waals surface area contributed by atoms with Gasteiger partial charge in [0.15, 0.2) is 0 Å². The van der Waals surface area contributed by atoms with E-state index in [1.165, 1.54) is 24.9 Å². The molecule has 1 aromatic carbocycles. The highest BCUT2D eigenvalue weighted by molar-refractivity contribution is 6.30. The number of rotatable bonds is 2. The van der Waals surface area contributed by atoms with E-state index in [1.807, 2.05) is 12.1 Å². The van der Waals surface area contributed by atoms with Crippen molar-refractivity contribution in [1.82, 2.24) is 5.32 Å². The van der Waals surface area contributed by atoms with Gasteiger partial charge in [-0.3, -0.25) is 0 Å². The molecule has 0 amide bonds. The fourth-order valence-electron chi connectivity index (χ4n) is 2.10. The van der Waals surface area contributed by atoms with Gasteiger partial charge in [0.25, 0.3) is 0 Å². The van der Waals surface area contributed by atoms with E-state index in [4.69, 9.17) is 11.6 Å². The molecule has 0 radical (unpaired) electrons. The van der Waals surface area contributed by atoms with Crippen LogP contribution in [-0.4, -0.2) is 13.1 Å². The van der Waals surface area contributed by atoms with E-state index in [9.17, 15) is 0 Å². The maximum Gasteiger partial charge on any atom is 0.0408 e. The molecule has 1 saturated heterocycles. The normalized spacial score (nSPS) is 22.2. The molecular weight excluding hydrogens is 194 g/mol. The molecule has 2 heteroatoms. The van der Waals surface area contributed by atoms with Crippen LogP contribution in [0.2, 0.25) is 5.02 Å². The molecule has 1 N–H and O–H groups in total. The zero-order chi connectivity index (χ0) is 9.80. The molecule has 0 bridgehead atoms. The fourth-order valence-corrected chi connectivity index (χ4v) is 2.31. The zero-order valence-electron chi connectivity index (χ0n) is 8.30. The van der Waals surface area contributed by atoms with Crippen molar-refractivity contribution in [3.05, 3.63) is 34.9 Å². The second-order valence-corrected chi connectivity index (χ2v) is 4.48. The molecule has 0 spiro atoms. The maximum atomic E-state index is 5.95. The van der Waals surface area contributed by atoms with Crippen molar-refractivity contribution in [2.45, 2.75) is 19.3 Å². The molecule has 1 unspecified atom stereocenters. The van der Waals surface area contributed by atoms with Crippen molar-refractivity contribution in [1.29, 1.82) is 0 Å². The highest BCUT2D eigenvalue weighted by Gasteiger charge is 2.13. The standard InChI is InChI=1S/C12H16ClN/c13-12-5-1-3-10(8-12)7-11-4-2-6-14-9-11/h1,3,5,8,11,14H,2,4,6-7,9H2. The largest absolute Gasteiger partial charge is 0.316 e. The van der Waals surface area contributed by atoms with E-state index in [0.29, 0.717) is 0 Å². The average molecular weight is 210 g/mol. The fraction of sp³-hybridized carbons (Fsp3) is 0.500. The summed E-state index contributed by atoms with van der Waals surface area (Å²) in [5.41, 5.74) is 1.37. The molecular formula is C12H16ClN. The second-order valence-electron chi connectivity index (χ2n) is 4.05. The van der Waals surface area contributed by atoms with Gasteiger partial charge in [0.2, 0.25) is 0 Å². The molecule has 76 valence electrons. The summed E-state index contributed by atoms with van der Waals surface area (Å²) in [7, 11) is 0. The quantitative estimate of drug-likeness (QED) is 0.790. The number of hydrogen-bond acceptors (Lipinski definition) is 1. The Morgan fingerprint density at radius 1 is 1.43 bits per heavy atom. The first-order chi connectivity index (χ1) is 6.84. The Bertz CT molecular complexity index is 292. The van der Waals surface area contributed by atoms with Crippen molar-refractivity contribution in [2.24, 2.45) is 5.92 Å². The van der Waals surface area contributed by atoms with Gasteiger partial charge in [-0.2, -0.15) is 0 Å². The van der Waals surface area contributed by atoms with E-state index in [2.05, 4.69) is 17.4 Å². The minimum atomic E-state index is 0.794. The molecule has 14 heavy (non-hydrogen) atoms. The van der Waals surface area contributed by atoms with Crippen LogP contribution in [0.5, 0.6) is 0 Å². The van der Waals surface area contributed by atoms with Crippen molar-refractivity contribution in [3.8, 4) is 0 Å². The molecule has 0 aromatic heterocycles. The summed E-state index contributed by atoms with van der Waals surface area (Å²) in [5.74, 6) is 0.794. The number of halogens is 1. The van der Waals surface area contributed by atoms with Gasteiger partial charge < -0.3 is 5.32 Å². The van der Waals surface area contributed by atoms with Crippen LogP contribution < -0.4 is 5.32 Å². The maximum absolute atomic E-state index is 5.95. The Morgan fingerprint density at radius 2 is 2.36 bits per heavy atom. The van der Waals surface area contributed by atoms with E-state index < -0.39 is 0 Å². The number of piperidine rings is 1. The van der Waals surface area contributed by atoms with Crippen molar-refractivity contribution < 1.29 is 0 Å². The van der Waals surface area contributed by atoms with Crippen LogP contribution in [0.15, 0.2) is 24.3 Å². The third-order valence-electron chi connectivity index (χ3n) is 2.81. The van der Waals surface area contributed by atoms with Crippen LogP contribution in [0.25, 0.3) is 0 Å². The third-order valence-corrected chi connectivity index (χ3v) is 3.05. The predicted octanol–water partition coefficient (Wildman–Crippen LogP) is 2.88. The first-order valence-corrected chi connectivity index (χ1v) is 5.67. The zero-order valence-corrected chi connectivity index (χ0v) is 9.06. The highest BCUT2D eigenvalue weighted by Crippen LogP contribution is 2.18. The third kappa shape index (κ3) is 2.73. The lowest BCUT2D eigenvalue weighted by Crippen LogP contribution is -2.30. The molecule has 1 nitrogen and oxygen atoms in total. The topological polar surface area (TPSA) is 12.0 Å². The number of nitrogens with one attached hydrogen (secondary N) is 1. The Kier molecular flexibility index (Phi) is 3.44. The summed E-state index contributed by atoms with van der Waals surface area (Å²) in [5, 5.41) is 4.29. The Morgan fingerprint density at radius 3 is 3.07 bits per heavy atom. The molecule has 1 aliphatic rings. The van der Waals surface area contributed by atoms with Crippen LogP contribution in [0, 0.1) is 5.92 Å². The van der Waals surface area contributed by atoms with Gasteiger partial charge in [0.05, 0.1) is 0 Å². The SMILES string of the molecule is Clc1cccc(CC2CCCNC2)c1. The summed E-state index contributed by atoms with van der Waals surface area (Å²) in [6.45, 7) is 2.35. The van der Waals surface area contributed by atoms with Crippen LogP contribution in [0.1, 0.15) is 18.4 Å². The van der Waals surface area contributed by atoms with Gasteiger partial charge >= 0.3 is 0 Å². The Hall–Kier alpha value is -0.530. The van der Waals surface area contributed by atoms with E-state index in [-0.39, 0.29) is 0 Å². The minimum absolute atomic E-state index is 0.794. The van der Waals surface area contributed by atoms with Crippen molar-refractivity contribution in [2.75, 3.05) is 13.1 Å². The van der Waals surface area contributed by atoms with Gasteiger partial charge in [-0.05, 0) is 56.0 Å². The van der Waals surface area contributed by atoms with Crippen LogP contribution in [0.4, 0.5) is 0 Å². The van der Waals surface area contributed by atoms with E-state index in [0.717, 1.165) is 23.9 Å². The van der Waals surface area contributed by atoms with Gasteiger partial charge in [0, 0.05) is 5.02 Å². The predicted molar refractivity (Wildman–Crippen MR) is 60.7 cm³/mol. The summed E-state index contributed by atoms with van der Waals surface area (Å²) in [6.07, 6.45) is 3.82. The lowest BCUT2D eigenvalue weighted by atomic mass is 9.92. The van der Waals surface area contributed by atoms with Crippen molar-refractivity contribution >= 4 is 11.6 Å². The molecule has 1 heterocycles. The minimum Gasteiger partial charge on any atom is -0.316 e. The number of benzene rings is 1. The smallest absolute Gasteiger partial charge is 0.0408 e. The van der Waals surface area contributed by atoms with Crippen LogP contribution in [0.3, 0.4) is 0 Å². The molecule has 2 rings (SSSR count). The van der Waals surface area contributed by atoms with Gasteiger partial charge in [-0.15, -0.1) is 0 Å². The lowest BCUT2D eigenvalue weighted by molar-refractivity contribution is 0.376. The van der Waals surface area contributed by atoms with Gasteiger partial charge in [-0.25, -0.2) is 0 Å². The first kappa shape index (κ1) is 10.0. The Balaban J connectivity index is 1.95. The summed E-state index contributed by atoms with van der Waals surface area (Å²) >= 11 is 5.95. The van der Waals surface area contributed by atoms with Crippen LogP contribution in [-0.2, 0) is 6.42 Å². The van der Waals surface area contributed by atoms with Crippen molar-refractivity contribution in [3.63, 3.8) is 0 Å². The second kappa shape index (κ2) is 4.81. The lowest BCUT2D eigenvalue weighted by Gasteiger charge is -2.22. The first-order valence-electron chi connectivity index (χ1n) is 5.30. The van der Waals surface area contributed by atoms with Gasteiger partial charge in [0.1, 0.15) is 0 Å². The van der Waals surface area contributed by atoms with Crippen LogP contribution >= 0.6 is 11.6 Å². The summed E-state index contributed by atoms with van der Waals surface area (Å²) < 4.78 is 0. The molecule has 1 aromatic rings. The van der Waals surface area contributed by atoms with E-state index >= 15 is 0 Å². The monoisotopic (exact) mass is 209 g/mol. The summed E-state index contributed by atoms with van der Waals surface area (Å²) in [4.78, 5) is 0. The molecule has 1 aliphatic heterocycles. The molecule has 1 atom stereocenters. The average Bonchev–Trinajstić information content (AvgIpc) is 2.19. The van der Waals surface area contributed by atoms with E-state index in [1.54, 1.807) is 0 Å². The molecule has 0 aliphatic carbocycles. The summed E-state index contributed by atoms with van der Waals surface area (Å²) in [6, 6.07) is 8.22. The van der Waals surface area contributed by atoms with Gasteiger partial charge in [-0.1, -0.05) is 23.7 Å². The number of hydrogen-bond donors (Lipinski definition) is 1. The molecule has 0 saturated carbocycles. The highest BCUT2D eigenvalue weighted by atomic mass is 35.5. The molecule has 1 fully saturated rings.